The van der Waals surface area contributed by atoms with Crippen LogP contribution in [-0.4, -0.2) is 0 Å². The highest BCUT2D eigenvalue weighted by molar-refractivity contribution is 8.45. The molecule has 0 aliphatic heterocycles. The van der Waals surface area contributed by atoms with Crippen molar-refractivity contribution in [2.24, 2.45) is 5.84 Å². The fraction of sp³-hybridized carbons (Fsp3) is 0. The number of benzene rings is 1. The molecule has 0 spiro atoms. The maximum absolute atomic E-state index is 12.3. The fourth-order valence-corrected chi connectivity index (χ4v) is 1.80. The van der Waals surface area contributed by atoms with Crippen molar-refractivity contribution in [3.8, 4) is 0 Å². The minimum Gasteiger partial charge on any atom is -0.323 e. The van der Waals surface area contributed by atoms with Crippen LogP contribution in [0.3, 0.4) is 0 Å². The highest BCUT2D eigenvalue weighted by Gasteiger charge is 2.66. The van der Waals surface area contributed by atoms with Gasteiger partial charge in [0.05, 0.1) is 5.69 Å². The predicted octanol–water partition coefficient (Wildman–Crippen LogP) is 3.63. The molecule has 1 rings (SSSR count). The standard InChI is InChI=1S/C6H7F5N2S/c7-14(8,9,10,11)6-4-2-1-3-5(6)13-12/h1-4,13H,12H2. The van der Waals surface area contributed by atoms with Gasteiger partial charge >= 0.3 is 10.2 Å². The molecule has 0 saturated heterocycles. The van der Waals surface area contributed by atoms with Crippen LogP contribution in [0.4, 0.5) is 25.1 Å². The molecule has 8 heteroatoms. The average molecular weight is 234 g/mol. The lowest BCUT2D eigenvalue weighted by Gasteiger charge is -2.41. The Labute approximate surface area is 76.6 Å². The molecule has 0 amide bonds. The van der Waals surface area contributed by atoms with E-state index in [0.29, 0.717) is 0 Å². The van der Waals surface area contributed by atoms with E-state index in [-0.39, 0.29) is 6.07 Å². The minimum atomic E-state index is -9.64. The van der Waals surface area contributed by atoms with Crippen LogP contribution in [0.1, 0.15) is 0 Å². The largest absolute Gasteiger partial charge is 0.323 e. The van der Waals surface area contributed by atoms with E-state index in [1.54, 1.807) is 5.43 Å². The van der Waals surface area contributed by atoms with Crippen molar-refractivity contribution >= 4 is 15.9 Å². The van der Waals surface area contributed by atoms with Crippen molar-refractivity contribution in [3.05, 3.63) is 24.3 Å². The topological polar surface area (TPSA) is 38.0 Å². The van der Waals surface area contributed by atoms with Gasteiger partial charge in [-0.25, -0.2) is 0 Å². The summed E-state index contributed by atoms with van der Waals surface area (Å²) < 4.78 is 61.5. The van der Waals surface area contributed by atoms with Crippen molar-refractivity contribution in [1.82, 2.24) is 0 Å². The Balaban J connectivity index is 3.49. The molecule has 0 radical (unpaired) electrons. The van der Waals surface area contributed by atoms with Crippen LogP contribution in [0, 0.1) is 0 Å². The molecule has 0 aliphatic rings. The van der Waals surface area contributed by atoms with Crippen molar-refractivity contribution in [3.63, 3.8) is 0 Å². The maximum Gasteiger partial charge on any atom is 0.312 e. The van der Waals surface area contributed by atoms with Gasteiger partial charge < -0.3 is 5.43 Å². The van der Waals surface area contributed by atoms with E-state index in [2.05, 4.69) is 0 Å². The third-order valence-electron chi connectivity index (χ3n) is 1.46. The third-order valence-corrected chi connectivity index (χ3v) is 2.65. The smallest absolute Gasteiger partial charge is 0.312 e. The number of halogens is 5. The van der Waals surface area contributed by atoms with E-state index in [1.807, 2.05) is 0 Å². The molecule has 0 aromatic heterocycles. The molecule has 0 bridgehead atoms. The zero-order chi connectivity index (χ0) is 11.1. The Morgan fingerprint density at radius 3 is 1.86 bits per heavy atom. The van der Waals surface area contributed by atoms with Gasteiger partial charge in [-0.15, -0.1) is 0 Å². The summed E-state index contributed by atoms with van der Waals surface area (Å²) in [6.45, 7) is 0. The van der Waals surface area contributed by atoms with Crippen LogP contribution < -0.4 is 11.3 Å². The van der Waals surface area contributed by atoms with Gasteiger partial charge in [0, 0.05) is 0 Å². The van der Waals surface area contributed by atoms with Gasteiger partial charge in [0.25, 0.3) is 0 Å². The maximum atomic E-state index is 12.3. The molecule has 0 heterocycles. The summed E-state index contributed by atoms with van der Waals surface area (Å²) in [6, 6.07) is 3.15. The Bertz CT molecular complexity index is 359. The van der Waals surface area contributed by atoms with Crippen LogP contribution in [-0.2, 0) is 0 Å². The molecule has 14 heavy (non-hydrogen) atoms. The van der Waals surface area contributed by atoms with Gasteiger partial charge in [-0.2, -0.15) is 0 Å². The number of hydrogen-bond acceptors (Lipinski definition) is 2. The van der Waals surface area contributed by atoms with E-state index in [1.165, 1.54) is 6.07 Å². The summed E-state index contributed by atoms with van der Waals surface area (Å²) in [6.07, 6.45) is 0. The van der Waals surface area contributed by atoms with Crippen LogP contribution in [0.2, 0.25) is 0 Å². The van der Waals surface area contributed by atoms with E-state index < -0.39 is 20.8 Å². The summed E-state index contributed by atoms with van der Waals surface area (Å²) in [5.74, 6) is 4.70. The molecular weight excluding hydrogens is 227 g/mol. The van der Waals surface area contributed by atoms with E-state index >= 15 is 0 Å². The Morgan fingerprint density at radius 1 is 1.00 bits per heavy atom. The van der Waals surface area contributed by atoms with Gasteiger partial charge in [0.2, 0.25) is 0 Å². The van der Waals surface area contributed by atoms with Crippen molar-refractivity contribution in [2.75, 3.05) is 5.43 Å². The lowest BCUT2D eigenvalue weighted by atomic mass is 10.3. The van der Waals surface area contributed by atoms with Gasteiger partial charge in [0.15, 0.2) is 0 Å². The second-order valence-electron chi connectivity index (χ2n) is 2.61. The quantitative estimate of drug-likeness (QED) is 0.466. The summed E-state index contributed by atoms with van der Waals surface area (Å²) in [4.78, 5) is -2.00. The Hall–Kier alpha value is -1.02. The van der Waals surface area contributed by atoms with E-state index in [0.717, 1.165) is 12.1 Å². The lowest BCUT2D eigenvalue weighted by molar-refractivity contribution is 0.364. The number of nitrogen functional groups attached to an aromatic ring is 1. The number of hydrazine groups is 1. The Morgan fingerprint density at radius 2 is 1.50 bits per heavy atom. The van der Waals surface area contributed by atoms with Gasteiger partial charge in [-0.05, 0) is 12.1 Å². The van der Waals surface area contributed by atoms with Crippen molar-refractivity contribution in [2.45, 2.75) is 4.90 Å². The molecule has 1 aromatic rings. The molecular formula is C6H7F5N2S. The van der Waals surface area contributed by atoms with Crippen LogP contribution in [0.15, 0.2) is 29.2 Å². The molecule has 0 fully saturated rings. The first-order valence-electron chi connectivity index (χ1n) is 3.34. The number of nitrogens with two attached hydrogens (primary N) is 1. The number of nitrogens with one attached hydrogen (secondary N) is 1. The molecule has 2 nitrogen and oxygen atoms in total. The molecule has 0 aliphatic carbocycles. The second kappa shape index (κ2) is 2.31. The second-order valence-corrected chi connectivity index (χ2v) is 4.99. The van der Waals surface area contributed by atoms with Crippen LogP contribution >= 0.6 is 10.2 Å². The number of anilines is 1. The molecule has 0 saturated carbocycles. The summed E-state index contributed by atoms with van der Waals surface area (Å²) in [5, 5.41) is 0. The molecule has 0 atom stereocenters. The monoisotopic (exact) mass is 234 g/mol. The summed E-state index contributed by atoms with van der Waals surface area (Å²) in [5.41, 5.74) is 0.741. The number of hydrogen-bond donors (Lipinski definition) is 2. The number of rotatable bonds is 2. The molecule has 82 valence electrons. The number of para-hydroxylation sites is 1. The van der Waals surface area contributed by atoms with Crippen molar-refractivity contribution in [1.29, 1.82) is 0 Å². The third kappa shape index (κ3) is 2.26. The SMILES string of the molecule is NNc1ccccc1S(F)(F)(F)(F)F. The zero-order valence-electron chi connectivity index (χ0n) is 6.68. The molecule has 3 N–H and O–H groups in total. The lowest BCUT2D eigenvalue weighted by Crippen LogP contribution is -2.14. The zero-order valence-corrected chi connectivity index (χ0v) is 7.50. The molecule has 0 unspecified atom stereocenters. The predicted molar refractivity (Wildman–Crippen MR) is 45.6 cm³/mol. The van der Waals surface area contributed by atoms with E-state index in [9.17, 15) is 19.4 Å². The minimum absolute atomic E-state index is 0.288. The van der Waals surface area contributed by atoms with Crippen molar-refractivity contribution < 1.29 is 19.4 Å². The fourth-order valence-electron chi connectivity index (χ4n) is 0.922. The first-order valence-corrected chi connectivity index (χ1v) is 5.29. The Kier molecular flexibility index (Phi) is 1.83. The van der Waals surface area contributed by atoms with E-state index in [4.69, 9.17) is 5.84 Å². The van der Waals surface area contributed by atoms with Crippen LogP contribution in [0.25, 0.3) is 0 Å². The molecule has 1 aromatic carbocycles. The summed E-state index contributed by atoms with van der Waals surface area (Å²) in [7, 11) is -9.64. The average Bonchev–Trinajstić information content (AvgIpc) is 2.00. The first kappa shape index (κ1) is 11.1. The summed E-state index contributed by atoms with van der Waals surface area (Å²) >= 11 is 0. The van der Waals surface area contributed by atoms with Crippen LogP contribution in [0.5, 0.6) is 0 Å². The first-order chi connectivity index (χ1) is 6.04. The normalized spacial score (nSPS) is 17.0. The highest BCUT2D eigenvalue weighted by atomic mass is 32.5. The van der Waals surface area contributed by atoms with Gasteiger partial charge in [-0.3, -0.25) is 5.84 Å². The highest BCUT2D eigenvalue weighted by Crippen LogP contribution is 3.02. The van der Waals surface area contributed by atoms with Gasteiger partial charge in [0.1, 0.15) is 4.90 Å². The van der Waals surface area contributed by atoms with Gasteiger partial charge in [-0.1, -0.05) is 31.6 Å².